The second-order valence-corrected chi connectivity index (χ2v) is 11.5. The van der Waals surface area contributed by atoms with E-state index in [-0.39, 0.29) is 0 Å². The van der Waals surface area contributed by atoms with Crippen molar-refractivity contribution in [2.45, 2.75) is 74.9 Å². The van der Waals surface area contributed by atoms with Gasteiger partial charge >= 0.3 is 92.2 Å². The Balaban J connectivity index is 3.97. The van der Waals surface area contributed by atoms with Crippen LogP contribution in [0, 0.1) is 0 Å². The molecule has 0 spiro atoms. The van der Waals surface area contributed by atoms with Crippen molar-refractivity contribution in [2.24, 2.45) is 0 Å². The average Bonchev–Trinajstić information content (AvgIpc) is 2.21. The summed E-state index contributed by atoms with van der Waals surface area (Å²) in [6.45, 7) is 6.58. The molecule has 0 bridgehead atoms. The Morgan fingerprint density at radius 1 is 0.714 bits per heavy atom. The van der Waals surface area contributed by atoms with Gasteiger partial charge in [0.15, 0.2) is 0 Å². The van der Waals surface area contributed by atoms with Crippen LogP contribution in [-0.4, -0.2) is 13.5 Å². The monoisotopic (exact) mass is 262 g/mol. The van der Waals surface area contributed by atoms with Gasteiger partial charge in [0.2, 0.25) is 0 Å². The summed E-state index contributed by atoms with van der Waals surface area (Å²) in [6, 6.07) is 0. The van der Waals surface area contributed by atoms with Crippen molar-refractivity contribution in [1.82, 2.24) is 0 Å². The van der Waals surface area contributed by atoms with Gasteiger partial charge in [-0.1, -0.05) is 0 Å². The van der Waals surface area contributed by atoms with E-state index >= 15 is 0 Å². The molecule has 86 valence electrons. The molecule has 0 atom stereocenters. The number of hydrogen-bond donors (Lipinski definition) is 0. The zero-order valence-corrected chi connectivity index (χ0v) is 12.1. The quantitative estimate of drug-likeness (QED) is 0.547. The van der Waals surface area contributed by atoms with E-state index in [1.165, 1.54) is 38.5 Å². The first-order valence-electron chi connectivity index (χ1n) is 6.25. The van der Waals surface area contributed by atoms with Crippen molar-refractivity contribution in [2.75, 3.05) is 0 Å². The Morgan fingerprint density at radius 3 is 1.21 bits per heavy atom. The first-order chi connectivity index (χ1) is 6.68. The summed E-state index contributed by atoms with van der Waals surface area (Å²) >= 11 is -2.41. The Hall–Kier alpha value is 0.358. The topological polar surface area (TPSA) is 17.1 Å². The van der Waals surface area contributed by atoms with Crippen LogP contribution in [0.25, 0.3) is 0 Å². The summed E-state index contributed by atoms with van der Waals surface area (Å²) in [5.41, 5.74) is 0. The fourth-order valence-corrected chi connectivity index (χ4v) is 8.70. The van der Waals surface area contributed by atoms with Crippen LogP contribution in [0.2, 0.25) is 15.6 Å². The fraction of sp³-hybridized carbons (Fsp3) is 1.00. The van der Waals surface area contributed by atoms with Crippen molar-refractivity contribution < 1.29 is 3.74 Å². The molecule has 0 N–H and O–H groups in total. The molecule has 0 heterocycles. The van der Waals surface area contributed by atoms with Crippen LogP contribution in [0.1, 0.15) is 59.3 Å². The van der Waals surface area contributed by atoms with Gasteiger partial charge in [-0.15, -0.1) is 0 Å². The van der Waals surface area contributed by atoms with E-state index in [9.17, 15) is 3.74 Å². The molecule has 0 aromatic carbocycles. The summed E-state index contributed by atoms with van der Waals surface area (Å²) in [5, 5.41) is 3.19. The van der Waals surface area contributed by atoms with E-state index in [4.69, 9.17) is 0 Å². The average molecular weight is 262 g/mol. The maximum atomic E-state index is 12.6. The van der Waals surface area contributed by atoms with Gasteiger partial charge in [0.1, 0.15) is 0 Å². The van der Waals surface area contributed by atoms with Gasteiger partial charge in [0.05, 0.1) is 0 Å². The maximum absolute atomic E-state index is 12.6. The summed E-state index contributed by atoms with van der Waals surface area (Å²) < 4.78 is 12.6. The molecule has 0 aliphatic carbocycles. The SMILES string of the molecule is CCCC[As](=O)(CCCC)CCCC. The van der Waals surface area contributed by atoms with Gasteiger partial charge < -0.3 is 0 Å². The molecule has 14 heavy (non-hydrogen) atoms. The van der Waals surface area contributed by atoms with E-state index in [2.05, 4.69) is 20.8 Å². The molecular formula is C12H27AsO. The minimum absolute atomic E-state index is 1.06. The Bertz CT molecular complexity index is 137. The summed E-state index contributed by atoms with van der Waals surface area (Å²) in [6.07, 6.45) is 7.15. The van der Waals surface area contributed by atoms with Crippen molar-refractivity contribution in [3.8, 4) is 0 Å². The van der Waals surface area contributed by atoms with Crippen LogP contribution in [0.15, 0.2) is 0 Å². The van der Waals surface area contributed by atoms with Crippen LogP contribution in [0.3, 0.4) is 0 Å². The van der Waals surface area contributed by atoms with E-state index in [1.54, 1.807) is 0 Å². The molecule has 0 saturated carbocycles. The van der Waals surface area contributed by atoms with Gasteiger partial charge in [-0.3, -0.25) is 0 Å². The van der Waals surface area contributed by atoms with Crippen molar-refractivity contribution in [3.63, 3.8) is 0 Å². The Morgan fingerprint density at radius 2 is 1.00 bits per heavy atom. The molecule has 1 nitrogen and oxygen atoms in total. The van der Waals surface area contributed by atoms with Crippen molar-refractivity contribution in [3.05, 3.63) is 0 Å². The predicted molar refractivity (Wildman–Crippen MR) is 65.6 cm³/mol. The van der Waals surface area contributed by atoms with Crippen molar-refractivity contribution >= 4 is 13.5 Å². The number of unbranched alkanes of at least 4 members (excludes halogenated alkanes) is 3. The second kappa shape index (κ2) is 8.65. The first-order valence-corrected chi connectivity index (χ1v) is 11.0. The molecule has 0 rings (SSSR count). The fourth-order valence-electron chi connectivity index (χ4n) is 1.67. The van der Waals surface area contributed by atoms with Gasteiger partial charge in [-0.25, -0.2) is 0 Å². The standard InChI is InChI=1S/C12H27AsO/c1-4-7-10-13(14,11-8-5-2)12-9-6-3/h4-12H2,1-3H3. The summed E-state index contributed by atoms with van der Waals surface area (Å²) in [7, 11) is 0. The van der Waals surface area contributed by atoms with Crippen LogP contribution in [0.4, 0.5) is 0 Å². The molecule has 0 unspecified atom stereocenters. The van der Waals surface area contributed by atoms with Crippen LogP contribution in [-0.2, 0) is 3.74 Å². The summed E-state index contributed by atoms with van der Waals surface area (Å²) in [4.78, 5) is 0. The Labute approximate surface area is 92.3 Å². The van der Waals surface area contributed by atoms with Crippen LogP contribution >= 0.6 is 0 Å². The van der Waals surface area contributed by atoms with Crippen molar-refractivity contribution in [1.29, 1.82) is 0 Å². The Kier molecular flexibility index (Phi) is 8.87. The number of rotatable bonds is 9. The van der Waals surface area contributed by atoms with E-state index in [0.717, 1.165) is 15.6 Å². The van der Waals surface area contributed by atoms with Gasteiger partial charge in [0.25, 0.3) is 0 Å². The molecule has 0 aliphatic heterocycles. The van der Waals surface area contributed by atoms with Crippen LogP contribution in [0.5, 0.6) is 0 Å². The molecule has 0 fully saturated rings. The second-order valence-electron chi connectivity index (χ2n) is 4.29. The van der Waals surface area contributed by atoms with Crippen LogP contribution < -0.4 is 0 Å². The van der Waals surface area contributed by atoms with E-state index in [0.29, 0.717) is 0 Å². The zero-order chi connectivity index (χ0) is 10.9. The molecule has 0 aromatic rings. The number of hydrogen-bond acceptors (Lipinski definition) is 1. The van der Waals surface area contributed by atoms with Gasteiger partial charge in [-0.2, -0.15) is 0 Å². The molecular weight excluding hydrogens is 235 g/mol. The molecule has 0 saturated heterocycles. The zero-order valence-electron chi connectivity index (χ0n) is 10.2. The first kappa shape index (κ1) is 14.4. The summed E-state index contributed by atoms with van der Waals surface area (Å²) in [5.74, 6) is 0. The van der Waals surface area contributed by atoms with E-state index in [1.807, 2.05) is 0 Å². The molecule has 0 amide bonds. The third kappa shape index (κ3) is 6.76. The van der Waals surface area contributed by atoms with E-state index < -0.39 is 13.5 Å². The minimum atomic E-state index is -2.41. The normalized spacial score (nSPS) is 11.9. The third-order valence-electron chi connectivity index (χ3n) is 2.76. The predicted octanol–water partition coefficient (Wildman–Crippen LogP) is 4.76. The van der Waals surface area contributed by atoms with Gasteiger partial charge in [-0.05, 0) is 0 Å². The third-order valence-corrected chi connectivity index (χ3v) is 9.88. The van der Waals surface area contributed by atoms with Gasteiger partial charge in [0, 0.05) is 0 Å². The molecule has 0 radical (unpaired) electrons. The molecule has 0 aliphatic rings. The molecule has 0 aromatic heterocycles. The molecule has 2 heteroatoms.